The highest BCUT2D eigenvalue weighted by Crippen LogP contribution is 2.32. The summed E-state index contributed by atoms with van der Waals surface area (Å²) in [6, 6.07) is 10.9. The van der Waals surface area contributed by atoms with Crippen LogP contribution in [0.1, 0.15) is 26.5 Å². The normalized spacial score (nSPS) is 10.9. The Hall–Kier alpha value is -2.13. The Labute approximate surface area is 192 Å². The largest absolute Gasteiger partial charge is 0.457 e. The van der Waals surface area contributed by atoms with Gasteiger partial charge in [-0.25, -0.2) is 10.2 Å². The molecular weight excluding hydrogens is 551 g/mol. The Bertz CT molecular complexity index is 1100. The second-order valence-electron chi connectivity index (χ2n) is 5.50. The molecule has 0 atom stereocenters. The molecular formula is C19H10Br2Cl2N2O4. The number of ether oxygens (including phenoxy) is 1. The smallest absolute Gasteiger partial charge is 0.379 e. The Balaban J connectivity index is 1.80. The van der Waals surface area contributed by atoms with Gasteiger partial charge in [-0.15, -0.1) is 0 Å². The van der Waals surface area contributed by atoms with E-state index in [0.29, 0.717) is 19.5 Å². The molecule has 0 radical (unpaired) electrons. The second-order valence-corrected chi connectivity index (χ2v) is 8.11. The lowest BCUT2D eigenvalue weighted by atomic mass is 10.2. The summed E-state index contributed by atoms with van der Waals surface area (Å²) in [5, 5.41) is 4.53. The van der Waals surface area contributed by atoms with Gasteiger partial charge in [0.15, 0.2) is 5.75 Å². The first-order valence-corrected chi connectivity index (χ1v) is 10.2. The van der Waals surface area contributed by atoms with Crippen molar-refractivity contribution in [1.82, 2.24) is 5.43 Å². The fraction of sp³-hybridized carbons (Fsp3) is 0. The lowest BCUT2D eigenvalue weighted by Gasteiger charge is -2.09. The van der Waals surface area contributed by atoms with Crippen LogP contribution in [0.25, 0.3) is 0 Å². The van der Waals surface area contributed by atoms with E-state index < -0.39 is 11.9 Å². The van der Waals surface area contributed by atoms with Crippen LogP contribution in [0.15, 0.2) is 67.2 Å². The van der Waals surface area contributed by atoms with E-state index in [1.807, 2.05) is 0 Å². The van der Waals surface area contributed by atoms with Crippen molar-refractivity contribution in [2.45, 2.75) is 0 Å². The molecule has 0 aliphatic heterocycles. The molecule has 0 saturated heterocycles. The number of esters is 1. The Morgan fingerprint density at radius 1 is 1.14 bits per heavy atom. The number of benzene rings is 2. The summed E-state index contributed by atoms with van der Waals surface area (Å²) in [4.78, 5) is 24.5. The van der Waals surface area contributed by atoms with Gasteiger partial charge in [0.05, 0.1) is 27.5 Å². The molecule has 0 fully saturated rings. The van der Waals surface area contributed by atoms with Crippen LogP contribution >= 0.6 is 55.1 Å². The molecule has 0 aliphatic rings. The maximum atomic E-state index is 12.3. The minimum Gasteiger partial charge on any atom is -0.457 e. The minimum atomic E-state index is -0.676. The number of hydrazone groups is 1. The van der Waals surface area contributed by atoms with E-state index in [4.69, 9.17) is 32.4 Å². The molecule has 1 aromatic heterocycles. The zero-order chi connectivity index (χ0) is 21.0. The summed E-state index contributed by atoms with van der Waals surface area (Å²) in [6.07, 6.45) is 2.70. The van der Waals surface area contributed by atoms with Crippen LogP contribution < -0.4 is 10.2 Å². The summed E-state index contributed by atoms with van der Waals surface area (Å²) in [5.74, 6) is -0.943. The van der Waals surface area contributed by atoms with Crippen LogP contribution in [0, 0.1) is 0 Å². The topological polar surface area (TPSA) is 80.9 Å². The summed E-state index contributed by atoms with van der Waals surface area (Å²) in [7, 11) is 0. The monoisotopic (exact) mass is 558 g/mol. The van der Waals surface area contributed by atoms with Crippen LogP contribution in [0.5, 0.6) is 5.75 Å². The quantitative estimate of drug-likeness (QED) is 0.177. The number of hydrogen-bond donors (Lipinski definition) is 1. The van der Waals surface area contributed by atoms with Gasteiger partial charge in [0.25, 0.3) is 5.91 Å². The SMILES string of the molecule is O=C(Oc1c(Br)cc(Br)cc1/C=N/NC(=O)c1ccc(Cl)cc1Cl)c1ccco1. The van der Waals surface area contributed by atoms with Crippen molar-refractivity contribution in [3.05, 3.63) is 84.6 Å². The van der Waals surface area contributed by atoms with Gasteiger partial charge in [-0.3, -0.25) is 4.79 Å². The number of nitrogens with zero attached hydrogens (tertiary/aromatic N) is 1. The van der Waals surface area contributed by atoms with E-state index in [2.05, 4.69) is 42.4 Å². The third-order valence-corrected chi connectivity index (χ3v) is 5.09. The molecule has 3 aromatic rings. The Kier molecular flexibility index (Phi) is 7.13. The number of rotatable bonds is 5. The van der Waals surface area contributed by atoms with E-state index in [1.165, 1.54) is 30.7 Å². The summed E-state index contributed by atoms with van der Waals surface area (Å²) < 4.78 is 11.7. The predicted octanol–water partition coefficient (Wildman–Crippen LogP) is 6.09. The first kappa shape index (κ1) is 21.6. The standard InChI is InChI=1S/C19H10Br2Cl2N2O4/c20-11-6-10(9-24-25-18(26)13-4-3-12(22)8-15(13)23)17(14(21)7-11)29-19(27)16-2-1-5-28-16/h1-9H,(H,25,26)/b24-9+. The predicted molar refractivity (Wildman–Crippen MR) is 117 cm³/mol. The maximum absolute atomic E-state index is 12.3. The zero-order valence-corrected chi connectivity index (χ0v) is 19.0. The van der Waals surface area contributed by atoms with Gasteiger partial charge < -0.3 is 9.15 Å². The molecule has 0 unspecified atom stereocenters. The van der Waals surface area contributed by atoms with Gasteiger partial charge in [-0.2, -0.15) is 5.10 Å². The third kappa shape index (κ3) is 5.48. The third-order valence-electron chi connectivity index (χ3n) is 3.50. The fourth-order valence-corrected chi connectivity index (χ4v) is 4.05. The Morgan fingerprint density at radius 2 is 1.93 bits per heavy atom. The van der Waals surface area contributed by atoms with E-state index in [0.717, 1.165) is 0 Å². The van der Waals surface area contributed by atoms with Gasteiger partial charge in [0.2, 0.25) is 5.76 Å². The van der Waals surface area contributed by atoms with Crippen LogP contribution in [0.4, 0.5) is 0 Å². The van der Waals surface area contributed by atoms with Gasteiger partial charge in [0.1, 0.15) is 0 Å². The number of halogens is 4. The first-order chi connectivity index (χ1) is 13.8. The molecule has 6 nitrogen and oxygen atoms in total. The summed E-state index contributed by atoms with van der Waals surface area (Å²) >= 11 is 18.6. The van der Waals surface area contributed by atoms with Crippen LogP contribution in [0.2, 0.25) is 10.0 Å². The average molecular weight is 561 g/mol. The van der Waals surface area contributed by atoms with Gasteiger partial charge in [-0.1, -0.05) is 39.1 Å². The number of carbonyl (C=O) groups excluding carboxylic acids is 2. The highest BCUT2D eigenvalue weighted by Gasteiger charge is 2.17. The highest BCUT2D eigenvalue weighted by molar-refractivity contribution is 9.11. The van der Waals surface area contributed by atoms with Crippen LogP contribution in [0.3, 0.4) is 0 Å². The number of amides is 1. The summed E-state index contributed by atoms with van der Waals surface area (Å²) in [6.45, 7) is 0. The van der Waals surface area contributed by atoms with Crippen molar-refractivity contribution >= 4 is 73.2 Å². The number of carbonyl (C=O) groups is 2. The molecule has 3 rings (SSSR count). The second kappa shape index (κ2) is 9.58. The molecule has 1 N–H and O–H groups in total. The lowest BCUT2D eigenvalue weighted by Crippen LogP contribution is -2.18. The molecule has 0 spiro atoms. The van der Waals surface area contributed by atoms with E-state index in [9.17, 15) is 9.59 Å². The van der Waals surface area contributed by atoms with Crippen molar-refractivity contribution < 1.29 is 18.7 Å². The molecule has 0 bridgehead atoms. The minimum absolute atomic E-state index is 0.0494. The summed E-state index contributed by atoms with van der Waals surface area (Å²) in [5.41, 5.74) is 3.01. The van der Waals surface area contributed by atoms with Crippen molar-refractivity contribution in [3.63, 3.8) is 0 Å². The number of nitrogens with one attached hydrogen (secondary N) is 1. The molecule has 2 aromatic carbocycles. The van der Waals surface area contributed by atoms with Gasteiger partial charge in [-0.05, 0) is 58.4 Å². The molecule has 148 valence electrons. The molecule has 29 heavy (non-hydrogen) atoms. The van der Waals surface area contributed by atoms with Crippen molar-refractivity contribution in [2.24, 2.45) is 5.10 Å². The van der Waals surface area contributed by atoms with Gasteiger partial charge in [0, 0.05) is 15.1 Å². The van der Waals surface area contributed by atoms with Crippen molar-refractivity contribution in [2.75, 3.05) is 0 Å². The molecule has 1 amide bonds. The maximum Gasteiger partial charge on any atom is 0.379 e. The van der Waals surface area contributed by atoms with Gasteiger partial charge >= 0.3 is 5.97 Å². The highest BCUT2D eigenvalue weighted by atomic mass is 79.9. The van der Waals surface area contributed by atoms with Crippen molar-refractivity contribution in [3.8, 4) is 5.75 Å². The van der Waals surface area contributed by atoms with E-state index >= 15 is 0 Å². The van der Waals surface area contributed by atoms with E-state index in [1.54, 1.807) is 24.3 Å². The van der Waals surface area contributed by atoms with Crippen molar-refractivity contribution in [1.29, 1.82) is 0 Å². The number of hydrogen-bond acceptors (Lipinski definition) is 5. The van der Waals surface area contributed by atoms with Crippen LogP contribution in [-0.2, 0) is 0 Å². The first-order valence-electron chi connectivity index (χ1n) is 7.88. The number of furan rings is 1. The average Bonchev–Trinajstić information content (AvgIpc) is 3.19. The molecule has 10 heteroatoms. The lowest BCUT2D eigenvalue weighted by molar-refractivity contribution is 0.0699. The molecule has 0 saturated carbocycles. The molecule has 1 heterocycles. The fourth-order valence-electron chi connectivity index (χ4n) is 2.22. The molecule has 0 aliphatic carbocycles. The van der Waals surface area contributed by atoms with Crippen LogP contribution in [-0.4, -0.2) is 18.1 Å². The Morgan fingerprint density at radius 3 is 2.62 bits per heavy atom. The zero-order valence-electron chi connectivity index (χ0n) is 14.3. The van der Waals surface area contributed by atoms with E-state index in [-0.39, 0.29) is 22.1 Å².